The summed E-state index contributed by atoms with van der Waals surface area (Å²) < 4.78 is 20.1. The normalized spacial score (nSPS) is 12.6. The zero-order valence-electron chi connectivity index (χ0n) is 9.01. The maximum absolute atomic E-state index is 12.7. The number of nitrogens with zero attached hydrogens (tertiary/aromatic N) is 2. The Bertz CT molecular complexity index is 425. The molecule has 0 fully saturated rings. The topological polar surface area (TPSA) is 27.1 Å². The highest BCUT2D eigenvalue weighted by molar-refractivity contribution is 5.14. The lowest BCUT2D eigenvalue weighted by Gasteiger charge is -2.14. The molecule has 0 bridgehead atoms. The number of imidazole rings is 1. The van der Waals surface area contributed by atoms with Gasteiger partial charge in [0.1, 0.15) is 12.0 Å². The van der Waals surface area contributed by atoms with Gasteiger partial charge in [-0.15, -0.1) is 0 Å². The molecule has 0 spiro atoms. The number of benzene rings is 1. The summed E-state index contributed by atoms with van der Waals surface area (Å²) in [5.41, 5.74) is 0.952. The van der Waals surface area contributed by atoms with E-state index in [1.807, 2.05) is 17.7 Å². The van der Waals surface area contributed by atoms with E-state index in [4.69, 9.17) is 4.74 Å². The molecule has 2 rings (SSSR count). The van der Waals surface area contributed by atoms with Crippen molar-refractivity contribution in [3.05, 3.63) is 54.4 Å². The molecule has 0 aliphatic rings. The van der Waals surface area contributed by atoms with Gasteiger partial charge in [-0.3, -0.25) is 0 Å². The van der Waals surface area contributed by atoms with Crippen LogP contribution in [-0.2, 0) is 11.3 Å². The molecular weight excluding hydrogens is 207 g/mol. The fourth-order valence-electron chi connectivity index (χ4n) is 1.37. The third kappa shape index (κ3) is 2.67. The zero-order valence-corrected chi connectivity index (χ0v) is 9.01. The first-order valence-corrected chi connectivity index (χ1v) is 5.09. The van der Waals surface area contributed by atoms with Gasteiger partial charge in [-0.25, -0.2) is 9.37 Å². The Kier molecular flexibility index (Phi) is 3.31. The molecular formula is C12H13FN2O. The molecule has 4 heteroatoms. The Morgan fingerprint density at radius 2 is 2.12 bits per heavy atom. The summed E-state index contributed by atoms with van der Waals surface area (Å²) in [5.74, 6) is -0.230. The van der Waals surface area contributed by atoms with E-state index in [1.54, 1.807) is 24.7 Å². The minimum Gasteiger partial charge on any atom is -0.354 e. The van der Waals surface area contributed by atoms with Crippen LogP contribution in [0.15, 0.2) is 43.0 Å². The van der Waals surface area contributed by atoms with Crippen LogP contribution in [0.2, 0.25) is 0 Å². The Morgan fingerprint density at radius 1 is 1.38 bits per heavy atom. The quantitative estimate of drug-likeness (QED) is 0.792. The number of aromatic nitrogens is 2. The van der Waals surface area contributed by atoms with E-state index in [9.17, 15) is 4.39 Å². The molecule has 0 amide bonds. The van der Waals surface area contributed by atoms with Crippen LogP contribution in [0.25, 0.3) is 0 Å². The van der Waals surface area contributed by atoms with E-state index in [-0.39, 0.29) is 12.0 Å². The van der Waals surface area contributed by atoms with Crippen molar-refractivity contribution in [2.45, 2.75) is 19.8 Å². The van der Waals surface area contributed by atoms with Gasteiger partial charge in [-0.1, -0.05) is 12.1 Å². The summed E-state index contributed by atoms with van der Waals surface area (Å²) in [5, 5.41) is 0. The van der Waals surface area contributed by atoms with E-state index in [1.165, 1.54) is 12.1 Å². The molecule has 84 valence electrons. The van der Waals surface area contributed by atoms with Gasteiger partial charge in [0, 0.05) is 12.4 Å². The number of halogens is 1. The summed E-state index contributed by atoms with van der Waals surface area (Å²) in [7, 11) is 0. The van der Waals surface area contributed by atoms with Gasteiger partial charge in [0.25, 0.3) is 0 Å². The van der Waals surface area contributed by atoms with Crippen LogP contribution in [0.5, 0.6) is 0 Å². The van der Waals surface area contributed by atoms with Gasteiger partial charge in [0.05, 0.1) is 12.9 Å². The molecule has 0 N–H and O–H groups in total. The first-order chi connectivity index (χ1) is 7.75. The van der Waals surface area contributed by atoms with Crippen molar-refractivity contribution in [3.63, 3.8) is 0 Å². The standard InChI is InChI=1S/C12H13FN2O/c1-10(15-7-6-14-9-15)16-8-11-2-4-12(13)5-3-11/h2-7,9-10H,8H2,1H3/t10-/m0/s1. The molecule has 2 aromatic rings. The molecule has 0 radical (unpaired) electrons. The van der Waals surface area contributed by atoms with Crippen LogP contribution >= 0.6 is 0 Å². The predicted molar refractivity (Wildman–Crippen MR) is 58.1 cm³/mol. The van der Waals surface area contributed by atoms with Gasteiger partial charge in [0.15, 0.2) is 0 Å². The third-order valence-electron chi connectivity index (χ3n) is 2.35. The Labute approximate surface area is 93.5 Å². The van der Waals surface area contributed by atoms with Crippen molar-refractivity contribution >= 4 is 0 Å². The maximum atomic E-state index is 12.7. The zero-order chi connectivity index (χ0) is 11.4. The van der Waals surface area contributed by atoms with E-state index < -0.39 is 0 Å². The summed E-state index contributed by atoms with van der Waals surface area (Å²) in [4.78, 5) is 3.94. The molecule has 0 unspecified atom stereocenters. The summed E-state index contributed by atoms with van der Waals surface area (Å²) in [6, 6.07) is 6.30. The maximum Gasteiger partial charge on any atom is 0.132 e. The average molecular weight is 220 g/mol. The van der Waals surface area contributed by atoms with Crippen LogP contribution in [0.3, 0.4) is 0 Å². The van der Waals surface area contributed by atoms with Gasteiger partial charge >= 0.3 is 0 Å². The molecule has 0 aliphatic carbocycles. The van der Waals surface area contributed by atoms with Crippen molar-refractivity contribution in [2.24, 2.45) is 0 Å². The van der Waals surface area contributed by atoms with Gasteiger partial charge in [-0.05, 0) is 24.6 Å². The lowest BCUT2D eigenvalue weighted by molar-refractivity contribution is 0.00398. The van der Waals surface area contributed by atoms with Crippen LogP contribution in [0.1, 0.15) is 18.7 Å². The fraction of sp³-hybridized carbons (Fsp3) is 0.250. The summed E-state index contributed by atoms with van der Waals surface area (Å²) in [6.07, 6.45) is 5.18. The minimum atomic E-state index is -0.230. The highest BCUT2D eigenvalue weighted by Crippen LogP contribution is 2.11. The summed E-state index contributed by atoms with van der Waals surface area (Å²) >= 11 is 0. The highest BCUT2D eigenvalue weighted by atomic mass is 19.1. The van der Waals surface area contributed by atoms with Crippen molar-refractivity contribution in [3.8, 4) is 0 Å². The second-order valence-electron chi connectivity index (χ2n) is 3.55. The van der Waals surface area contributed by atoms with Crippen molar-refractivity contribution in [1.82, 2.24) is 9.55 Å². The van der Waals surface area contributed by atoms with Crippen LogP contribution in [-0.4, -0.2) is 9.55 Å². The molecule has 1 aromatic heterocycles. The predicted octanol–water partition coefficient (Wildman–Crippen LogP) is 2.76. The lowest BCUT2D eigenvalue weighted by Crippen LogP contribution is -2.07. The smallest absolute Gasteiger partial charge is 0.132 e. The Balaban J connectivity index is 1.90. The van der Waals surface area contributed by atoms with Crippen molar-refractivity contribution in [2.75, 3.05) is 0 Å². The van der Waals surface area contributed by atoms with E-state index in [0.717, 1.165) is 5.56 Å². The number of hydrogen-bond donors (Lipinski definition) is 0. The lowest BCUT2D eigenvalue weighted by atomic mass is 10.2. The molecule has 3 nitrogen and oxygen atoms in total. The molecule has 1 aromatic carbocycles. The van der Waals surface area contributed by atoms with Crippen molar-refractivity contribution in [1.29, 1.82) is 0 Å². The van der Waals surface area contributed by atoms with Crippen LogP contribution in [0.4, 0.5) is 4.39 Å². The molecule has 1 atom stereocenters. The molecule has 0 saturated carbocycles. The second kappa shape index (κ2) is 4.90. The Morgan fingerprint density at radius 3 is 2.75 bits per heavy atom. The van der Waals surface area contributed by atoms with Gasteiger partial charge < -0.3 is 9.30 Å². The number of rotatable bonds is 4. The monoisotopic (exact) mass is 220 g/mol. The molecule has 0 aliphatic heterocycles. The van der Waals surface area contributed by atoms with Gasteiger partial charge in [0.2, 0.25) is 0 Å². The van der Waals surface area contributed by atoms with Gasteiger partial charge in [-0.2, -0.15) is 0 Å². The number of ether oxygens (including phenoxy) is 1. The van der Waals surface area contributed by atoms with E-state index in [0.29, 0.717) is 6.61 Å². The van der Waals surface area contributed by atoms with Crippen LogP contribution < -0.4 is 0 Å². The first-order valence-electron chi connectivity index (χ1n) is 5.09. The van der Waals surface area contributed by atoms with E-state index >= 15 is 0 Å². The second-order valence-corrected chi connectivity index (χ2v) is 3.55. The molecule has 0 saturated heterocycles. The van der Waals surface area contributed by atoms with Crippen LogP contribution in [0, 0.1) is 5.82 Å². The molecule has 1 heterocycles. The van der Waals surface area contributed by atoms with Crippen molar-refractivity contribution < 1.29 is 9.13 Å². The van der Waals surface area contributed by atoms with E-state index in [2.05, 4.69) is 4.98 Å². The highest BCUT2D eigenvalue weighted by Gasteiger charge is 2.03. The largest absolute Gasteiger partial charge is 0.354 e. The SMILES string of the molecule is C[C@H](OCc1ccc(F)cc1)n1ccnc1. The molecule has 16 heavy (non-hydrogen) atoms. The fourth-order valence-corrected chi connectivity index (χ4v) is 1.37. The number of hydrogen-bond acceptors (Lipinski definition) is 2. The summed E-state index contributed by atoms with van der Waals surface area (Å²) in [6.45, 7) is 2.39. The minimum absolute atomic E-state index is 0.0763. The first kappa shape index (κ1) is 10.8. The third-order valence-corrected chi connectivity index (χ3v) is 2.35. The Hall–Kier alpha value is -1.68. The average Bonchev–Trinajstić information content (AvgIpc) is 2.81.